The number of rotatable bonds is 6. The van der Waals surface area contributed by atoms with Gasteiger partial charge in [0.25, 0.3) is 5.56 Å². The third-order valence-corrected chi connectivity index (χ3v) is 5.52. The van der Waals surface area contributed by atoms with Crippen molar-refractivity contribution in [2.45, 2.75) is 26.9 Å². The van der Waals surface area contributed by atoms with Crippen molar-refractivity contribution < 1.29 is 0 Å². The molecule has 0 amide bonds. The van der Waals surface area contributed by atoms with Crippen molar-refractivity contribution in [1.29, 1.82) is 0 Å². The lowest BCUT2D eigenvalue weighted by Crippen LogP contribution is -2.30. The zero-order valence-electron chi connectivity index (χ0n) is 18.2. The van der Waals surface area contributed by atoms with Crippen LogP contribution in [0.1, 0.15) is 16.7 Å². The maximum absolute atomic E-state index is 12.3. The van der Waals surface area contributed by atoms with E-state index < -0.39 is 11.2 Å². The Morgan fingerprint density at radius 3 is 2.45 bits per heavy atom. The van der Waals surface area contributed by atoms with Gasteiger partial charge in [-0.3, -0.25) is 9.78 Å². The maximum Gasteiger partial charge on any atom is 0.349 e. The van der Waals surface area contributed by atoms with E-state index in [4.69, 9.17) is 0 Å². The number of aromatic amines is 1. The van der Waals surface area contributed by atoms with Crippen molar-refractivity contribution in [2.24, 2.45) is 0 Å². The van der Waals surface area contributed by atoms with Crippen molar-refractivity contribution in [2.75, 3.05) is 25.5 Å². The highest BCUT2D eigenvalue weighted by atomic mass is 16.2. The Morgan fingerprint density at radius 2 is 1.74 bits per heavy atom. The molecule has 0 atom stereocenters. The van der Waals surface area contributed by atoms with E-state index in [0.29, 0.717) is 31.0 Å². The van der Waals surface area contributed by atoms with Gasteiger partial charge < -0.3 is 14.8 Å². The summed E-state index contributed by atoms with van der Waals surface area (Å²) in [7, 11) is 4.03. The normalized spacial score (nSPS) is 11.4. The number of benzene rings is 2. The first-order valence-electron chi connectivity index (χ1n) is 10.2. The second kappa shape index (κ2) is 8.31. The molecule has 0 aromatic heterocycles. The van der Waals surface area contributed by atoms with Gasteiger partial charge in [-0.25, -0.2) is 9.78 Å². The van der Waals surface area contributed by atoms with Crippen LogP contribution in [0.3, 0.4) is 0 Å². The molecule has 0 saturated heterocycles. The van der Waals surface area contributed by atoms with Gasteiger partial charge in [-0.2, -0.15) is 4.98 Å². The molecule has 8 nitrogen and oxygen atoms in total. The van der Waals surface area contributed by atoms with Gasteiger partial charge in [-0.05, 0) is 54.8 Å². The quantitative estimate of drug-likeness (QED) is 0.368. The van der Waals surface area contributed by atoms with E-state index in [2.05, 4.69) is 49.4 Å². The number of nitrogens with one attached hydrogen (secondary N) is 2. The smallest absolute Gasteiger partial charge is 0.349 e. The summed E-state index contributed by atoms with van der Waals surface area (Å²) in [5.74, 6) is 0.307. The standard InChI is InChI=1S/C23H26N6O2/c1-14-11-18-19(12-15(14)2)29(21-20(25-18)22(30)27-23(31)26-21)10-9-24-13-16-5-7-17(8-6-16)28(3)4/h5-8,11-12,24H,9-10,13H2,1-4H3,(H,27,30,31). The molecule has 31 heavy (non-hydrogen) atoms. The Morgan fingerprint density at radius 1 is 1.03 bits per heavy atom. The van der Waals surface area contributed by atoms with Gasteiger partial charge in [-0.15, -0.1) is 0 Å². The molecule has 0 radical (unpaired) electrons. The average molecular weight is 419 g/mol. The second-order valence-corrected chi connectivity index (χ2v) is 7.97. The summed E-state index contributed by atoms with van der Waals surface area (Å²) in [4.78, 5) is 37.1. The highest BCUT2D eigenvalue weighted by molar-refractivity contribution is 5.81. The molecule has 160 valence electrons. The third kappa shape index (κ3) is 4.20. The number of nitrogens with zero attached hydrogens (tertiary/aromatic N) is 4. The molecular formula is C23H26N6O2. The maximum atomic E-state index is 12.3. The van der Waals surface area contributed by atoms with E-state index in [0.717, 1.165) is 22.3 Å². The van der Waals surface area contributed by atoms with E-state index >= 15 is 0 Å². The molecule has 2 aliphatic heterocycles. The second-order valence-electron chi connectivity index (χ2n) is 7.97. The molecule has 2 heterocycles. The number of fused-ring (bicyclic) bond motifs is 2. The van der Waals surface area contributed by atoms with Crippen LogP contribution in [0.5, 0.6) is 0 Å². The minimum absolute atomic E-state index is 0.176. The first kappa shape index (κ1) is 20.7. The molecule has 0 spiro atoms. The number of aromatic nitrogens is 4. The molecular weight excluding hydrogens is 392 g/mol. The Labute approximate surface area is 179 Å². The first-order chi connectivity index (χ1) is 14.8. The van der Waals surface area contributed by atoms with Gasteiger partial charge in [0.1, 0.15) is 0 Å². The van der Waals surface area contributed by atoms with Crippen LogP contribution in [0.2, 0.25) is 0 Å². The molecule has 2 aromatic carbocycles. The molecule has 0 unspecified atom stereocenters. The Hall–Kier alpha value is -3.52. The van der Waals surface area contributed by atoms with Gasteiger partial charge >= 0.3 is 5.69 Å². The van der Waals surface area contributed by atoms with Crippen molar-refractivity contribution in [3.8, 4) is 11.5 Å². The van der Waals surface area contributed by atoms with Crippen LogP contribution in [-0.2, 0) is 13.1 Å². The zero-order chi connectivity index (χ0) is 22.1. The molecule has 0 aliphatic carbocycles. The summed E-state index contributed by atoms with van der Waals surface area (Å²) in [5, 5.41) is 3.44. The van der Waals surface area contributed by atoms with Gasteiger partial charge in [-0.1, -0.05) is 12.1 Å². The summed E-state index contributed by atoms with van der Waals surface area (Å²) in [5.41, 5.74) is 5.11. The lowest BCUT2D eigenvalue weighted by atomic mass is 10.1. The summed E-state index contributed by atoms with van der Waals surface area (Å²) >= 11 is 0. The van der Waals surface area contributed by atoms with Gasteiger partial charge in [0.05, 0.1) is 11.0 Å². The monoisotopic (exact) mass is 418 g/mol. The lowest BCUT2D eigenvalue weighted by Gasteiger charge is -2.18. The van der Waals surface area contributed by atoms with E-state index in [-0.39, 0.29) is 5.69 Å². The molecule has 2 aliphatic rings. The van der Waals surface area contributed by atoms with E-state index in [1.807, 2.05) is 44.6 Å². The van der Waals surface area contributed by atoms with Gasteiger partial charge in [0.2, 0.25) is 0 Å². The summed E-state index contributed by atoms with van der Waals surface area (Å²) in [6, 6.07) is 12.4. The van der Waals surface area contributed by atoms with Crippen LogP contribution in [0, 0.1) is 13.8 Å². The number of anilines is 1. The van der Waals surface area contributed by atoms with Crippen molar-refractivity contribution >= 4 is 16.7 Å². The van der Waals surface area contributed by atoms with E-state index in [9.17, 15) is 9.59 Å². The molecule has 0 saturated carbocycles. The van der Waals surface area contributed by atoms with Crippen LogP contribution in [-0.4, -0.2) is 40.2 Å². The Balaban J connectivity index is 1.62. The zero-order valence-corrected chi connectivity index (χ0v) is 18.2. The molecule has 0 fully saturated rings. The highest BCUT2D eigenvalue weighted by Gasteiger charge is 2.19. The summed E-state index contributed by atoms with van der Waals surface area (Å²) in [6.07, 6.45) is 0. The predicted octanol–water partition coefficient (Wildman–Crippen LogP) is 2.06. The van der Waals surface area contributed by atoms with Crippen molar-refractivity contribution in [3.63, 3.8) is 0 Å². The molecule has 4 rings (SSSR count). The fourth-order valence-electron chi connectivity index (χ4n) is 3.61. The topological polar surface area (TPSA) is 95.9 Å². The summed E-state index contributed by atoms with van der Waals surface area (Å²) < 4.78 is 1.91. The number of aryl methyl sites for hydroxylation is 2. The number of hydrogen-bond donors (Lipinski definition) is 2. The number of H-pyrrole nitrogens is 1. The Bertz CT molecular complexity index is 1320. The third-order valence-electron chi connectivity index (χ3n) is 5.52. The van der Waals surface area contributed by atoms with E-state index in [1.165, 1.54) is 5.56 Å². The highest BCUT2D eigenvalue weighted by Crippen LogP contribution is 2.23. The average Bonchev–Trinajstić information content (AvgIpc) is 2.72. The van der Waals surface area contributed by atoms with Gasteiger partial charge in [0, 0.05) is 39.4 Å². The fourth-order valence-corrected chi connectivity index (χ4v) is 3.61. The minimum atomic E-state index is -0.662. The van der Waals surface area contributed by atoms with E-state index in [1.54, 1.807) is 0 Å². The van der Waals surface area contributed by atoms with Gasteiger partial charge in [0.15, 0.2) is 11.5 Å². The molecule has 0 bridgehead atoms. The SMILES string of the molecule is Cc1cc2nc3c(=O)[nH]c(=O)nc-3n(CCNCc3ccc(N(C)C)cc3)c2cc1C. The van der Waals surface area contributed by atoms with Crippen LogP contribution < -0.4 is 21.5 Å². The molecule has 2 aromatic rings. The Kier molecular flexibility index (Phi) is 5.56. The van der Waals surface area contributed by atoms with Crippen molar-refractivity contribution in [3.05, 3.63) is 73.9 Å². The first-order valence-corrected chi connectivity index (χ1v) is 10.2. The minimum Gasteiger partial charge on any atom is -0.378 e. The predicted molar refractivity (Wildman–Crippen MR) is 123 cm³/mol. The summed E-state index contributed by atoms with van der Waals surface area (Å²) in [6.45, 7) is 5.95. The largest absolute Gasteiger partial charge is 0.378 e. The molecule has 8 heteroatoms. The van der Waals surface area contributed by atoms with Crippen molar-refractivity contribution in [1.82, 2.24) is 24.8 Å². The van der Waals surface area contributed by atoms with Crippen LogP contribution in [0.4, 0.5) is 5.69 Å². The fraction of sp³-hybridized carbons (Fsp3) is 0.304. The number of hydrogen-bond acceptors (Lipinski definition) is 6. The van der Waals surface area contributed by atoms with Crippen LogP contribution in [0.15, 0.2) is 46.0 Å². The lowest BCUT2D eigenvalue weighted by molar-refractivity contribution is 0.603. The van der Waals surface area contributed by atoms with Crippen LogP contribution in [0.25, 0.3) is 22.6 Å². The molecule has 2 N–H and O–H groups in total. The van der Waals surface area contributed by atoms with Crippen LogP contribution >= 0.6 is 0 Å².